The van der Waals surface area contributed by atoms with Gasteiger partial charge in [0.1, 0.15) is 0 Å². The lowest BCUT2D eigenvalue weighted by atomic mass is 9.91. The van der Waals surface area contributed by atoms with Crippen molar-refractivity contribution in [2.75, 3.05) is 6.54 Å². The topological polar surface area (TPSA) is 38.0 Å². The van der Waals surface area contributed by atoms with E-state index in [2.05, 4.69) is 26.1 Å². The van der Waals surface area contributed by atoms with Crippen molar-refractivity contribution in [3.05, 3.63) is 0 Å². The maximum atomic E-state index is 5.94. The molecule has 0 amide bonds. The second-order valence-corrected chi connectivity index (χ2v) is 7.61. The van der Waals surface area contributed by atoms with Gasteiger partial charge >= 0.3 is 0 Å². The van der Waals surface area contributed by atoms with Crippen LogP contribution in [0.1, 0.15) is 91.4 Å². The van der Waals surface area contributed by atoms with Crippen LogP contribution in [-0.2, 0) is 0 Å². The fourth-order valence-electron chi connectivity index (χ4n) is 3.53. The third-order valence-corrected chi connectivity index (χ3v) is 4.88. The summed E-state index contributed by atoms with van der Waals surface area (Å²) in [7, 11) is 0. The Morgan fingerprint density at radius 1 is 1.10 bits per heavy atom. The predicted octanol–water partition coefficient (Wildman–Crippen LogP) is 4.62. The molecule has 0 aliphatic heterocycles. The lowest BCUT2D eigenvalue weighted by Gasteiger charge is -2.23. The summed E-state index contributed by atoms with van der Waals surface area (Å²) in [4.78, 5) is 0. The molecule has 0 aromatic rings. The Morgan fingerprint density at radius 3 is 2.30 bits per heavy atom. The standard InChI is InChI=1S/C18H38N2/c1-4-5-6-7-8-9-10-11-17(15-19)20-16-12-13-18(2,3)14-16/h16-17,20H,4-15,19H2,1-3H3. The van der Waals surface area contributed by atoms with Crippen molar-refractivity contribution in [3.8, 4) is 0 Å². The number of rotatable bonds is 11. The van der Waals surface area contributed by atoms with Crippen LogP contribution in [0.25, 0.3) is 0 Å². The molecule has 2 atom stereocenters. The summed E-state index contributed by atoms with van der Waals surface area (Å²) < 4.78 is 0. The number of nitrogens with one attached hydrogen (secondary N) is 1. The van der Waals surface area contributed by atoms with E-state index in [0.717, 1.165) is 6.54 Å². The van der Waals surface area contributed by atoms with Crippen LogP contribution in [-0.4, -0.2) is 18.6 Å². The summed E-state index contributed by atoms with van der Waals surface area (Å²) in [5.41, 5.74) is 6.47. The molecule has 0 spiro atoms. The molecule has 0 bridgehead atoms. The van der Waals surface area contributed by atoms with Crippen molar-refractivity contribution < 1.29 is 0 Å². The highest BCUT2D eigenvalue weighted by Crippen LogP contribution is 2.37. The molecule has 0 saturated heterocycles. The van der Waals surface area contributed by atoms with Crippen molar-refractivity contribution >= 4 is 0 Å². The fraction of sp³-hybridized carbons (Fsp3) is 1.00. The van der Waals surface area contributed by atoms with Gasteiger partial charge in [-0.2, -0.15) is 0 Å². The molecule has 20 heavy (non-hydrogen) atoms. The van der Waals surface area contributed by atoms with Crippen LogP contribution in [0, 0.1) is 5.41 Å². The van der Waals surface area contributed by atoms with Crippen LogP contribution in [0.5, 0.6) is 0 Å². The van der Waals surface area contributed by atoms with Crippen molar-refractivity contribution in [2.24, 2.45) is 11.1 Å². The lowest BCUT2D eigenvalue weighted by molar-refractivity contribution is 0.344. The zero-order valence-electron chi connectivity index (χ0n) is 14.2. The first-order valence-corrected chi connectivity index (χ1v) is 9.03. The van der Waals surface area contributed by atoms with Gasteiger partial charge in [0.2, 0.25) is 0 Å². The van der Waals surface area contributed by atoms with Crippen molar-refractivity contribution in [1.29, 1.82) is 0 Å². The molecular formula is C18H38N2. The Balaban J connectivity index is 2.05. The van der Waals surface area contributed by atoms with E-state index in [0.29, 0.717) is 17.5 Å². The van der Waals surface area contributed by atoms with Gasteiger partial charge in [-0.3, -0.25) is 0 Å². The molecule has 3 N–H and O–H groups in total. The minimum Gasteiger partial charge on any atom is -0.329 e. The first-order chi connectivity index (χ1) is 9.57. The Bertz CT molecular complexity index is 238. The molecule has 1 aliphatic rings. The van der Waals surface area contributed by atoms with E-state index < -0.39 is 0 Å². The zero-order valence-corrected chi connectivity index (χ0v) is 14.2. The monoisotopic (exact) mass is 282 g/mol. The van der Waals surface area contributed by atoms with Crippen molar-refractivity contribution in [3.63, 3.8) is 0 Å². The molecule has 120 valence electrons. The Labute approximate surface area is 127 Å². The smallest absolute Gasteiger partial charge is 0.0192 e. The molecule has 1 rings (SSSR count). The maximum Gasteiger partial charge on any atom is 0.0192 e. The average molecular weight is 283 g/mol. The van der Waals surface area contributed by atoms with Gasteiger partial charge in [0.05, 0.1) is 0 Å². The fourth-order valence-corrected chi connectivity index (χ4v) is 3.53. The summed E-state index contributed by atoms with van der Waals surface area (Å²) in [6, 6.07) is 1.26. The molecule has 2 unspecified atom stereocenters. The molecule has 0 aromatic carbocycles. The summed E-state index contributed by atoms with van der Waals surface area (Å²) in [5.74, 6) is 0. The van der Waals surface area contributed by atoms with Gasteiger partial charge in [0.25, 0.3) is 0 Å². The molecule has 0 heterocycles. The van der Waals surface area contributed by atoms with E-state index in [1.807, 2.05) is 0 Å². The van der Waals surface area contributed by atoms with Gasteiger partial charge in [-0.25, -0.2) is 0 Å². The molecule has 2 heteroatoms. The van der Waals surface area contributed by atoms with Crippen LogP contribution in [0.15, 0.2) is 0 Å². The maximum absolute atomic E-state index is 5.94. The van der Waals surface area contributed by atoms with Crippen LogP contribution in [0.3, 0.4) is 0 Å². The first-order valence-electron chi connectivity index (χ1n) is 9.03. The zero-order chi connectivity index (χ0) is 14.8. The SMILES string of the molecule is CCCCCCCCCC(CN)NC1CCC(C)(C)C1. The summed E-state index contributed by atoms with van der Waals surface area (Å²) in [6.45, 7) is 7.86. The largest absolute Gasteiger partial charge is 0.329 e. The molecule has 1 aliphatic carbocycles. The third kappa shape index (κ3) is 7.64. The Hall–Kier alpha value is -0.0800. The summed E-state index contributed by atoms with van der Waals surface area (Å²) in [6.07, 6.45) is 15.0. The van der Waals surface area contributed by atoms with E-state index in [1.54, 1.807) is 0 Å². The lowest BCUT2D eigenvalue weighted by Crippen LogP contribution is -2.42. The highest BCUT2D eigenvalue weighted by Gasteiger charge is 2.31. The van der Waals surface area contributed by atoms with Crippen LogP contribution in [0.4, 0.5) is 0 Å². The van der Waals surface area contributed by atoms with Crippen LogP contribution in [0.2, 0.25) is 0 Å². The number of unbranched alkanes of at least 4 members (excludes halogenated alkanes) is 6. The van der Waals surface area contributed by atoms with Crippen LogP contribution >= 0.6 is 0 Å². The van der Waals surface area contributed by atoms with E-state index >= 15 is 0 Å². The van der Waals surface area contributed by atoms with Gasteiger partial charge in [0, 0.05) is 18.6 Å². The van der Waals surface area contributed by atoms with E-state index in [9.17, 15) is 0 Å². The molecule has 2 nitrogen and oxygen atoms in total. The van der Waals surface area contributed by atoms with Gasteiger partial charge < -0.3 is 11.1 Å². The quantitative estimate of drug-likeness (QED) is 0.543. The number of nitrogens with two attached hydrogens (primary N) is 1. The van der Waals surface area contributed by atoms with E-state index in [1.165, 1.54) is 70.6 Å². The molecule has 1 saturated carbocycles. The number of hydrogen-bond donors (Lipinski definition) is 2. The Morgan fingerprint density at radius 2 is 1.75 bits per heavy atom. The minimum absolute atomic E-state index is 0.538. The van der Waals surface area contributed by atoms with Gasteiger partial charge in [0.15, 0.2) is 0 Å². The summed E-state index contributed by atoms with van der Waals surface area (Å²) >= 11 is 0. The molecule has 1 fully saturated rings. The number of hydrogen-bond acceptors (Lipinski definition) is 2. The van der Waals surface area contributed by atoms with E-state index in [4.69, 9.17) is 5.73 Å². The molecular weight excluding hydrogens is 244 g/mol. The van der Waals surface area contributed by atoms with Gasteiger partial charge in [-0.15, -0.1) is 0 Å². The average Bonchev–Trinajstić information content (AvgIpc) is 2.75. The third-order valence-electron chi connectivity index (χ3n) is 4.88. The Kier molecular flexibility index (Phi) is 8.79. The predicted molar refractivity (Wildman–Crippen MR) is 90.0 cm³/mol. The van der Waals surface area contributed by atoms with Crippen LogP contribution < -0.4 is 11.1 Å². The second kappa shape index (κ2) is 9.78. The molecule has 0 aromatic heterocycles. The first kappa shape index (κ1) is 18.0. The highest BCUT2D eigenvalue weighted by atomic mass is 15.0. The normalized spacial score (nSPS) is 23.1. The second-order valence-electron chi connectivity index (χ2n) is 7.61. The van der Waals surface area contributed by atoms with E-state index in [-0.39, 0.29) is 0 Å². The highest BCUT2D eigenvalue weighted by molar-refractivity contribution is 4.88. The van der Waals surface area contributed by atoms with Crippen molar-refractivity contribution in [1.82, 2.24) is 5.32 Å². The minimum atomic E-state index is 0.538. The van der Waals surface area contributed by atoms with Gasteiger partial charge in [-0.1, -0.05) is 65.7 Å². The molecule has 0 radical (unpaired) electrons. The summed E-state index contributed by atoms with van der Waals surface area (Å²) in [5, 5.41) is 3.81. The van der Waals surface area contributed by atoms with Crippen molar-refractivity contribution in [2.45, 2.75) is 103 Å². The van der Waals surface area contributed by atoms with Gasteiger partial charge in [-0.05, 0) is 31.1 Å².